The summed E-state index contributed by atoms with van der Waals surface area (Å²) in [5, 5.41) is 3.12. The molecule has 0 atom stereocenters. The van der Waals surface area contributed by atoms with Crippen molar-refractivity contribution in [1.29, 1.82) is 0 Å². The molecule has 0 aliphatic rings. The zero-order chi connectivity index (χ0) is 17.8. The van der Waals surface area contributed by atoms with E-state index in [2.05, 4.69) is 10.3 Å². The molecule has 0 saturated heterocycles. The summed E-state index contributed by atoms with van der Waals surface area (Å²) in [6.45, 7) is 1.86. The van der Waals surface area contributed by atoms with Crippen molar-refractivity contribution in [3.8, 4) is 11.3 Å². The third-order valence-electron chi connectivity index (χ3n) is 3.69. The Bertz CT molecular complexity index is 965. The molecule has 1 N–H and O–H groups in total. The fraction of sp³-hybridized carbons (Fsp3) is 0.105. The molecule has 3 rings (SSSR count). The van der Waals surface area contributed by atoms with E-state index < -0.39 is 0 Å². The molecule has 5 nitrogen and oxygen atoms in total. The van der Waals surface area contributed by atoms with Crippen molar-refractivity contribution >= 4 is 23.2 Å². The zero-order valence-electron chi connectivity index (χ0n) is 13.6. The lowest BCUT2D eigenvalue weighted by molar-refractivity contribution is -0.116. The second kappa shape index (κ2) is 7.32. The molecule has 0 unspecified atom stereocenters. The number of halogens is 1. The van der Waals surface area contributed by atoms with Gasteiger partial charge in [-0.15, -0.1) is 0 Å². The van der Waals surface area contributed by atoms with E-state index in [0.29, 0.717) is 16.4 Å². The number of para-hydroxylation sites is 1. The maximum atomic E-state index is 12.3. The first kappa shape index (κ1) is 16.9. The van der Waals surface area contributed by atoms with Gasteiger partial charge in [-0.1, -0.05) is 53.6 Å². The van der Waals surface area contributed by atoms with Crippen molar-refractivity contribution < 1.29 is 4.79 Å². The Morgan fingerprint density at radius 1 is 1.16 bits per heavy atom. The van der Waals surface area contributed by atoms with Crippen LogP contribution in [-0.4, -0.2) is 15.5 Å². The first-order chi connectivity index (χ1) is 12.0. The Morgan fingerprint density at radius 3 is 2.56 bits per heavy atom. The van der Waals surface area contributed by atoms with E-state index in [0.717, 1.165) is 11.1 Å². The Balaban J connectivity index is 1.75. The number of aromatic nitrogens is 2. The molecule has 0 aliphatic carbocycles. The molecule has 0 bridgehead atoms. The molecule has 25 heavy (non-hydrogen) atoms. The Labute approximate surface area is 149 Å². The van der Waals surface area contributed by atoms with Gasteiger partial charge < -0.3 is 5.32 Å². The van der Waals surface area contributed by atoms with Gasteiger partial charge in [0.1, 0.15) is 6.54 Å². The summed E-state index contributed by atoms with van der Waals surface area (Å²) in [6.07, 6.45) is 1.38. The van der Waals surface area contributed by atoms with Gasteiger partial charge in [-0.25, -0.2) is 4.98 Å². The second-order valence-electron chi connectivity index (χ2n) is 5.63. The Morgan fingerprint density at radius 2 is 1.88 bits per heavy atom. The number of nitrogens with zero attached hydrogens (tertiary/aromatic N) is 2. The van der Waals surface area contributed by atoms with E-state index in [1.165, 1.54) is 17.0 Å². The van der Waals surface area contributed by atoms with Gasteiger partial charge in [0.05, 0.1) is 22.7 Å². The summed E-state index contributed by atoms with van der Waals surface area (Å²) in [7, 11) is 0. The van der Waals surface area contributed by atoms with Gasteiger partial charge in [0, 0.05) is 11.6 Å². The lowest BCUT2D eigenvalue weighted by Crippen LogP contribution is -2.27. The van der Waals surface area contributed by atoms with Crippen LogP contribution in [0.3, 0.4) is 0 Å². The van der Waals surface area contributed by atoms with Gasteiger partial charge in [0.2, 0.25) is 5.91 Å². The summed E-state index contributed by atoms with van der Waals surface area (Å²) in [5.41, 5.74) is 2.78. The van der Waals surface area contributed by atoms with Crippen LogP contribution in [0.15, 0.2) is 65.7 Å². The van der Waals surface area contributed by atoms with E-state index >= 15 is 0 Å². The van der Waals surface area contributed by atoms with Crippen LogP contribution in [0, 0.1) is 6.92 Å². The third kappa shape index (κ3) is 4.14. The number of anilines is 1. The quantitative estimate of drug-likeness (QED) is 0.780. The number of carbonyl (C=O) groups is 1. The van der Waals surface area contributed by atoms with E-state index in [1.54, 1.807) is 24.3 Å². The van der Waals surface area contributed by atoms with Gasteiger partial charge >= 0.3 is 0 Å². The van der Waals surface area contributed by atoms with Crippen molar-refractivity contribution in [2.24, 2.45) is 0 Å². The van der Waals surface area contributed by atoms with E-state index in [9.17, 15) is 9.59 Å². The molecule has 1 aromatic heterocycles. The van der Waals surface area contributed by atoms with E-state index in [-0.39, 0.29) is 18.0 Å². The Hall–Kier alpha value is -2.92. The predicted octanol–water partition coefficient (Wildman–Crippen LogP) is 3.51. The van der Waals surface area contributed by atoms with Gasteiger partial charge in [-0.05, 0) is 19.1 Å². The van der Waals surface area contributed by atoms with Crippen LogP contribution in [0.25, 0.3) is 11.3 Å². The first-order valence-corrected chi connectivity index (χ1v) is 8.08. The fourth-order valence-corrected chi connectivity index (χ4v) is 2.52. The van der Waals surface area contributed by atoms with Crippen LogP contribution < -0.4 is 10.9 Å². The highest BCUT2D eigenvalue weighted by molar-refractivity contribution is 6.33. The highest BCUT2D eigenvalue weighted by Gasteiger charge is 2.09. The molecule has 2 aromatic carbocycles. The summed E-state index contributed by atoms with van der Waals surface area (Å²) >= 11 is 6.01. The minimum atomic E-state index is -0.347. The third-order valence-corrected chi connectivity index (χ3v) is 4.02. The number of nitrogens with one attached hydrogen (secondary N) is 1. The number of hydrogen-bond acceptors (Lipinski definition) is 3. The first-order valence-electron chi connectivity index (χ1n) is 7.71. The molecule has 1 amide bonds. The molecule has 0 spiro atoms. The average Bonchev–Trinajstić information content (AvgIpc) is 2.59. The maximum Gasteiger partial charge on any atom is 0.254 e. The number of aryl methyl sites for hydroxylation is 1. The molecule has 0 fully saturated rings. The van der Waals surface area contributed by atoms with Gasteiger partial charge in [0.25, 0.3) is 5.56 Å². The maximum absolute atomic E-state index is 12.3. The molecule has 1 heterocycles. The van der Waals surface area contributed by atoms with E-state index in [4.69, 9.17) is 11.6 Å². The van der Waals surface area contributed by atoms with Crippen molar-refractivity contribution in [2.45, 2.75) is 13.5 Å². The second-order valence-corrected chi connectivity index (χ2v) is 6.04. The van der Waals surface area contributed by atoms with Gasteiger partial charge in [-0.2, -0.15) is 0 Å². The van der Waals surface area contributed by atoms with Crippen molar-refractivity contribution in [3.05, 3.63) is 81.9 Å². The van der Waals surface area contributed by atoms with Crippen LogP contribution in [-0.2, 0) is 11.3 Å². The number of hydrogen-bond donors (Lipinski definition) is 1. The number of carbonyl (C=O) groups excluding carboxylic acids is 1. The van der Waals surface area contributed by atoms with Crippen LogP contribution >= 0.6 is 11.6 Å². The standard InChI is InChI=1S/C19H16ClN3O2/c1-13-6-8-14(9-7-13)17-10-19(25)23(12-21-17)11-18(24)22-16-5-3-2-4-15(16)20/h2-10,12H,11H2,1H3,(H,22,24). The summed E-state index contributed by atoms with van der Waals surface area (Å²) in [5.74, 6) is -0.347. The van der Waals surface area contributed by atoms with Crippen LogP contribution in [0.2, 0.25) is 5.02 Å². The monoisotopic (exact) mass is 353 g/mol. The minimum Gasteiger partial charge on any atom is -0.323 e. The SMILES string of the molecule is Cc1ccc(-c2cc(=O)n(CC(=O)Nc3ccccc3Cl)cn2)cc1. The van der Waals surface area contributed by atoms with Crippen molar-refractivity contribution in [1.82, 2.24) is 9.55 Å². The topological polar surface area (TPSA) is 64.0 Å². The molecule has 0 saturated carbocycles. The highest BCUT2D eigenvalue weighted by Crippen LogP contribution is 2.20. The fourth-order valence-electron chi connectivity index (χ4n) is 2.33. The molecular formula is C19H16ClN3O2. The molecule has 0 radical (unpaired) electrons. The predicted molar refractivity (Wildman–Crippen MR) is 98.8 cm³/mol. The van der Waals surface area contributed by atoms with Crippen LogP contribution in [0.5, 0.6) is 0 Å². The highest BCUT2D eigenvalue weighted by atomic mass is 35.5. The summed E-state index contributed by atoms with van der Waals surface area (Å²) < 4.78 is 1.25. The van der Waals surface area contributed by atoms with Crippen molar-refractivity contribution in [2.75, 3.05) is 5.32 Å². The van der Waals surface area contributed by atoms with E-state index in [1.807, 2.05) is 31.2 Å². The molecule has 126 valence electrons. The minimum absolute atomic E-state index is 0.134. The lowest BCUT2D eigenvalue weighted by atomic mass is 10.1. The smallest absolute Gasteiger partial charge is 0.254 e. The van der Waals surface area contributed by atoms with Gasteiger partial charge in [0.15, 0.2) is 0 Å². The zero-order valence-corrected chi connectivity index (χ0v) is 14.3. The number of benzene rings is 2. The molecular weight excluding hydrogens is 338 g/mol. The van der Waals surface area contributed by atoms with Crippen LogP contribution in [0.1, 0.15) is 5.56 Å². The normalized spacial score (nSPS) is 10.5. The molecule has 6 heteroatoms. The Kier molecular flexibility index (Phi) is 4.95. The number of amides is 1. The average molecular weight is 354 g/mol. The van der Waals surface area contributed by atoms with Gasteiger partial charge in [-0.3, -0.25) is 14.2 Å². The molecule has 0 aliphatic heterocycles. The summed E-state index contributed by atoms with van der Waals surface area (Å²) in [4.78, 5) is 28.6. The largest absolute Gasteiger partial charge is 0.323 e. The molecule has 3 aromatic rings. The number of rotatable bonds is 4. The summed E-state index contributed by atoms with van der Waals surface area (Å²) in [6, 6.07) is 16.1. The van der Waals surface area contributed by atoms with Crippen molar-refractivity contribution in [3.63, 3.8) is 0 Å². The lowest BCUT2D eigenvalue weighted by Gasteiger charge is -2.09. The van der Waals surface area contributed by atoms with Crippen LogP contribution in [0.4, 0.5) is 5.69 Å².